The van der Waals surface area contributed by atoms with E-state index in [4.69, 9.17) is 4.98 Å². The number of pyridine rings is 3. The van der Waals surface area contributed by atoms with Crippen molar-refractivity contribution in [3.8, 4) is 11.1 Å². The van der Waals surface area contributed by atoms with Crippen LogP contribution in [0, 0.1) is 11.7 Å². The van der Waals surface area contributed by atoms with Crippen molar-refractivity contribution in [2.75, 3.05) is 36.9 Å². The molecule has 10 nitrogen and oxygen atoms in total. The Morgan fingerprint density at radius 2 is 2.00 bits per heavy atom. The van der Waals surface area contributed by atoms with E-state index in [0.29, 0.717) is 39.9 Å². The molecule has 0 amide bonds. The minimum atomic E-state index is -1.29. The summed E-state index contributed by atoms with van der Waals surface area (Å²) in [6.45, 7) is 2.58. The molecular weight excluding hydrogens is 525 g/mol. The predicted octanol–water partition coefficient (Wildman–Crippen LogP) is 4.09. The maximum Gasteiger partial charge on any atom is 0.341 e. The first-order valence-corrected chi connectivity index (χ1v) is 13.9. The van der Waals surface area contributed by atoms with Crippen LogP contribution in [0.5, 0.6) is 0 Å². The second-order valence-corrected chi connectivity index (χ2v) is 11.2. The molecule has 1 unspecified atom stereocenters. The van der Waals surface area contributed by atoms with Gasteiger partial charge in [-0.1, -0.05) is 0 Å². The van der Waals surface area contributed by atoms with E-state index >= 15 is 0 Å². The lowest BCUT2D eigenvalue weighted by molar-refractivity contribution is 0.0695. The number of benzene rings is 1. The van der Waals surface area contributed by atoms with Gasteiger partial charge in [0.15, 0.2) is 0 Å². The highest BCUT2D eigenvalue weighted by molar-refractivity contribution is 6.18. The molecule has 2 fully saturated rings. The van der Waals surface area contributed by atoms with Crippen LogP contribution in [-0.2, 0) is 7.05 Å². The van der Waals surface area contributed by atoms with Gasteiger partial charge in [0, 0.05) is 68.3 Å². The quantitative estimate of drug-likeness (QED) is 0.237. The summed E-state index contributed by atoms with van der Waals surface area (Å²) >= 11 is 0. The largest absolute Gasteiger partial charge is 0.477 e. The fourth-order valence-electron chi connectivity index (χ4n) is 6.13. The minimum Gasteiger partial charge on any atom is -0.477 e. The van der Waals surface area contributed by atoms with Gasteiger partial charge in [-0.3, -0.25) is 4.79 Å². The molecule has 210 valence electrons. The van der Waals surface area contributed by atoms with E-state index in [1.54, 1.807) is 37.1 Å². The topological polar surface area (TPSA) is 128 Å². The lowest BCUT2D eigenvalue weighted by Crippen LogP contribution is -2.28. The van der Waals surface area contributed by atoms with E-state index in [1.807, 2.05) is 0 Å². The van der Waals surface area contributed by atoms with E-state index in [0.717, 1.165) is 48.2 Å². The number of rotatable bonds is 7. The number of carboxylic acid groups (broad SMARTS) is 1. The van der Waals surface area contributed by atoms with Gasteiger partial charge < -0.3 is 30.2 Å². The Hall–Kier alpha value is -4.51. The number of nitrogens with zero attached hydrogens (tertiary/aromatic N) is 4. The van der Waals surface area contributed by atoms with Gasteiger partial charge in [0.1, 0.15) is 22.7 Å². The molecule has 1 aliphatic heterocycles. The molecular formula is C30H30FN7O3. The summed E-state index contributed by atoms with van der Waals surface area (Å²) < 4.78 is 16.4. The molecule has 1 aliphatic carbocycles. The first kappa shape index (κ1) is 25.5. The number of aromatic carboxylic acids is 1. The molecule has 1 saturated carbocycles. The van der Waals surface area contributed by atoms with Gasteiger partial charge in [-0.15, -0.1) is 0 Å². The first-order chi connectivity index (χ1) is 19.8. The smallest absolute Gasteiger partial charge is 0.341 e. The van der Waals surface area contributed by atoms with Crippen molar-refractivity contribution < 1.29 is 14.3 Å². The number of carboxylic acids is 1. The number of H-pyrrole nitrogens is 1. The zero-order chi connectivity index (χ0) is 28.4. The molecule has 0 spiro atoms. The molecule has 4 N–H and O–H groups in total. The Bertz CT molecular complexity index is 1930. The molecule has 1 aromatic carbocycles. The Balaban J connectivity index is 1.45. The summed E-state index contributed by atoms with van der Waals surface area (Å²) in [5, 5.41) is 18.1. The number of aromatic nitrogens is 4. The van der Waals surface area contributed by atoms with Gasteiger partial charge in [0.25, 0.3) is 0 Å². The highest BCUT2D eigenvalue weighted by Gasteiger charge is 2.30. The molecule has 4 aromatic heterocycles. The van der Waals surface area contributed by atoms with Crippen LogP contribution in [0.3, 0.4) is 0 Å². The van der Waals surface area contributed by atoms with E-state index in [-0.39, 0.29) is 16.8 Å². The summed E-state index contributed by atoms with van der Waals surface area (Å²) in [4.78, 5) is 39.9. The van der Waals surface area contributed by atoms with Gasteiger partial charge >= 0.3 is 5.97 Å². The van der Waals surface area contributed by atoms with Crippen LogP contribution in [-0.4, -0.2) is 63.3 Å². The lowest BCUT2D eigenvalue weighted by Gasteiger charge is -2.24. The number of carbonyl (C=O) groups is 1. The molecule has 0 radical (unpaired) electrons. The highest BCUT2D eigenvalue weighted by Crippen LogP contribution is 2.43. The summed E-state index contributed by atoms with van der Waals surface area (Å²) in [5.74, 6) is -1.18. The van der Waals surface area contributed by atoms with E-state index in [1.165, 1.54) is 31.2 Å². The van der Waals surface area contributed by atoms with Crippen LogP contribution in [0.1, 0.15) is 29.6 Å². The monoisotopic (exact) mass is 555 g/mol. The van der Waals surface area contributed by atoms with Crippen LogP contribution in [0.4, 0.5) is 15.8 Å². The number of aryl methyl sites for hydroxylation is 1. The number of nitrogens with one attached hydrogen (secondary N) is 3. The molecule has 0 bridgehead atoms. The second-order valence-electron chi connectivity index (χ2n) is 11.2. The van der Waals surface area contributed by atoms with Crippen molar-refractivity contribution in [2.45, 2.75) is 25.3 Å². The Kier molecular flexibility index (Phi) is 5.93. The third kappa shape index (κ3) is 4.28. The molecule has 7 rings (SSSR count). The normalized spacial score (nSPS) is 17.2. The summed E-state index contributed by atoms with van der Waals surface area (Å²) in [6.07, 6.45) is 8.22. The Labute approximate surface area is 234 Å². The number of hydrogen-bond acceptors (Lipinski definition) is 7. The molecule has 2 aliphatic rings. The van der Waals surface area contributed by atoms with Crippen LogP contribution in [0.25, 0.3) is 44.1 Å². The van der Waals surface area contributed by atoms with Crippen molar-refractivity contribution in [1.82, 2.24) is 24.8 Å². The standard InChI is InChI=1S/C30H30FN7O3/c1-32-23-9-17(31)8-19-24-26(38-6-5-15(13-38)10-33-18-3-4-18)21(12-34-28(24)36-25(19)23)16-7-20-27(39)22(30(40)41)14-37(2)29(20)35-11-16/h7-9,11-12,14-15,18,32-33H,3-6,10,13H2,1-2H3,(H,34,36)(H,40,41). The third-order valence-corrected chi connectivity index (χ3v) is 8.37. The molecule has 11 heteroatoms. The van der Waals surface area contributed by atoms with Crippen LogP contribution < -0.4 is 21.0 Å². The number of halogens is 1. The fraction of sp³-hybridized carbons (Fsp3) is 0.333. The highest BCUT2D eigenvalue weighted by atomic mass is 19.1. The fourth-order valence-corrected chi connectivity index (χ4v) is 6.13. The van der Waals surface area contributed by atoms with Crippen molar-refractivity contribution in [1.29, 1.82) is 0 Å². The average Bonchev–Trinajstić information content (AvgIpc) is 3.55. The van der Waals surface area contributed by atoms with Crippen LogP contribution >= 0.6 is 0 Å². The zero-order valence-electron chi connectivity index (χ0n) is 22.8. The van der Waals surface area contributed by atoms with Crippen molar-refractivity contribution in [3.05, 3.63) is 58.4 Å². The van der Waals surface area contributed by atoms with Gasteiger partial charge in [-0.2, -0.15) is 0 Å². The summed E-state index contributed by atoms with van der Waals surface area (Å²) in [7, 11) is 3.42. The van der Waals surface area contributed by atoms with Crippen molar-refractivity contribution >= 4 is 50.3 Å². The van der Waals surface area contributed by atoms with Gasteiger partial charge in [0.05, 0.1) is 27.7 Å². The van der Waals surface area contributed by atoms with Crippen molar-refractivity contribution in [2.24, 2.45) is 13.0 Å². The number of anilines is 2. The lowest BCUT2D eigenvalue weighted by atomic mass is 10.0. The van der Waals surface area contributed by atoms with Gasteiger partial charge in [-0.25, -0.2) is 19.2 Å². The van der Waals surface area contributed by atoms with E-state index in [9.17, 15) is 19.1 Å². The first-order valence-electron chi connectivity index (χ1n) is 13.9. The molecule has 41 heavy (non-hydrogen) atoms. The van der Waals surface area contributed by atoms with E-state index in [2.05, 4.69) is 25.5 Å². The number of hydrogen-bond donors (Lipinski definition) is 4. The molecule has 5 aromatic rings. The second kappa shape index (κ2) is 9.55. The third-order valence-electron chi connectivity index (χ3n) is 8.37. The Morgan fingerprint density at radius 3 is 2.76 bits per heavy atom. The average molecular weight is 556 g/mol. The SMILES string of the molecule is CNc1cc(F)cc2c1[nH]c1ncc(-c3cnc4c(c3)c(=O)c(C(=O)O)cn4C)c(N3CCC(CNC4CC4)C3)c12. The number of fused-ring (bicyclic) bond motifs is 4. The van der Waals surface area contributed by atoms with E-state index < -0.39 is 11.4 Å². The maximum absolute atomic E-state index is 14.8. The zero-order valence-corrected chi connectivity index (χ0v) is 22.8. The minimum absolute atomic E-state index is 0.214. The summed E-state index contributed by atoms with van der Waals surface area (Å²) in [5.41, 5.74) is 3.81. The summed E-state index contributed by atoms with van der Waals surface area (Å²) in [6, 6.07) is 5.31. The molecule has 1 saturated heterocycles. The predicted molar refractivity (Wildman–Crippen MR) is 157 cm³/mol. The maximum atomic E-state index is 14.8. The van der Waals surface area contributed by atoms with Crippen LogP contribution in [0.2, 0.25) is 0 Å². The van der Waals surface area contributed by atoms with Gasteiger partial charge in [-0.05, 0) is 49.9 Å². The van der Waals surface area contributed by atoms with Gasteiger partial charge in [0.2, 0.25) is 5.43 Å². The van der Waals surface area contributed by atoms with Crippen LogP contribution in [0.15, 0.2) is 41.6 Å². The molecule has 5 heterocycles. The molecule has 1 atom stereocenters. The number of aromatic amines is 1. The Morgan fingerprint density at radius 1 is 1.17 bits per heavy atom. The van der Waals surface area contributed by atoms with Crippen molar-refractivity contribution in [3.63, 3.8) is 0 Å².